The van der Waals surface area contributed by atoms with Crippen LogP contribution in [0, 0.1) is 0 Å². The first kappa shape index (κ1) is 16.1. The van der Waals surface area contributed by atoms with Crippen molar-refractivity contribution in [3.05, 3.63) is 35.0 Å². The lowest BCUT2D eigenvalue weighted by Crippen LogP contribution is -2.36. The summed E-state index contributed by atoms with van der Waals surface area (Å²) in [7, 11) is 0. The molecule has 0 fully saturated rings. The molecule has 1 aromatic heterocycles. The minimum absolute atomic E-state index is 0.0281. The molecule has 1 unspecified atom stereocenters. The van der Waals surface area contributed by atoms with Gasteiger partial charge < -0.3 is 4.74 Å². The minimum atomic E-state index is -4.54. The molecular weight excluding hydrogens is 297 g/mol. The fourth-order valence-corrected chi connectivity index (χ4v) is 3.39. The van der Waals surface area contributed by atoms with E-state index in [1.54, 1.807) is 12.3 Å². The Morgan fingerprint density at radius 3 is 2.68 bits per heavy atom. The number of carbonyl (C=O) groups excluding carboxylic acids is 1. The number of halogens is 3. The van der Waals surface area contributed by atoms with Gasteiger partial charge in [-0.1, -0.05) is 6.08 Å². The molecular formula is C12H13F3O2S2. The Morgan fingerprint density at radius 2 is 2.26 bits per heavy atom. The SMILES string of the molecule is C=CCC(SC(F)(F)F)(C(=O)OCC)c1ccsc1. The van der Waals surface area contributed by atoms with Gasteiger partial charge >= 0.3 is 11.5 Å². The van der Waals surface area contributed by atoms with Crippen LogP contribution >= 0.6 is 23.1 Å². The van der Waals surface area contributed by atoms with E-state index in [1.165, 1.54) is 28.9 Å². The second-order valence-electron chi connectivity index (χ2n) is 3.60. The number of hydrogen-bond acceptors (Lipinski definition) is 4. The smallest absolute Gasteiger partial charge is 0.443 e. The Labute approximate surface area is 117 Å². The number of alkyl halides is 3. The predicted molar refractivity (Wildman–Crippen MR) is 71.1 cm³/mol. The van der Waals surface area contributed by atoms with Crippen molar-refractivity contribution < 1.29 is 22.7 Å². The Bertz CT molecular complexity index is 429. The van der Waals surface area contributed by atoms with Gasteiger partial charge in [0.05, 0.1) is 6.61 Å². The molecule has 106 valence electrons. The molecule has 0 aliphatic rings. The van der Waals surface area contributed by atoms with Gasteiger partial charge in [0.2, 0.25) is 0 Å². The van der Waals surface area contributed by atoms with Crippen LogP contribution in [0.1, 0.15) is 18.9 Å². The molecule has 7 heteroatoms. The first-order chi connectivity index (χ1) is 8.85. The van der Waals surface area contributed by atoms with E-state index >= 15 is 0 Å². The Balaban J connectivity index is 3.25. The van der Waals surface area contributed by atoms with Crippen molar-refractivity contribution in [3.63, 3.8) is 0 Å². The first-order valence-corrected chi connectivity index (χ1v) is 7.19. The highest BCUT2D eigenvalue weighted by atomic mass is 32.2. The van der Waals surface area contributed by atoms with Crippen LogP contribution in [0.5, 0.6) is 0 Å². The second kappa shape index (κ2) is 6.47. The number of rotatable bonds is 6. The number of esters is 1. The van der Waals surface area contributed by atoms with Crippen LogP contribution in [0.2, 0.25) is 0 Å². The quantitative estimate of drug-likeness (QED) is 0.577. The molecule has 0 saturated heterocycles. The van der Waals surface area contributed by atoms with Crippen molar-refractivity contribution in [2.75, 3.05) is 6.61 Å². The molecule has 1 heterocycles. The summed E-state index contributed by atoms with van der Waals surface area (Å²) in [5.41, 5.74) is -4.25. The van der Waals surface area contributed by atoms with Crippen LogP contribution in [-0.2, 0) is 14.3 Å². The van der Waals surface area contributed by atoms with Crippen molar-refractivity contribution in [2.24, 2.45) is 0 Å². The second-order valence-corrected chi connectivity index (χ2v) is 5.74. The van der Waals surface area contributed by atoms with E-state index in [0.29, 0.717) is 0 Å². The van der Waals surface area contributed by atoms with Crippen LogP contribution in [-0.4, -0.2) is 18.1 Å². The summed E-state index contributed by atoms with van der Waals surface area (Å²) in [5.74, 6) is -0.893. The van der Waals surface area contributed by atoms with E-state index in [1.807, 2.05) is 0 Å². The summed E-state index contributed by atoms with van der Waals surface area (Å²) < 4.78 is 41.4. The maximum Gasteiger partial charge on any atom is 0.443 e. The van der Waals surface area contributed by atoms with Crippen molar-refractivity contribution in [3.8, 4) is 0 Å². The number of allylic oxidation sites excluding steroid dienone is 1. The highest BCUT2D eigenvalue weighted by Gasteiger charge is 2.50. The largest absolute Gasteiger partial charge is 0.465 e. The molecule has 0 aliphatic heterocycles. The Morgan fingerprint density at radius 1 is 1.58 bits per heavy atom. The molecule has 0 aliphatic carbocycles. The molecule has 1 aromatic rings. The summed E-state index contributed by atoms with van der Waals surface area (Å²) >= 11 is 0.872. The summed E-state index contributed by atoms with van der Waals surface area (Å²) in [6.45, 7) is 5.03. The average Bonchev–Trinajstić information content (AvgIpc) is 2.80. The van der Waals surface area contributed by atoms with E-state index < -0.39 is 16.2 Å². The Hall–Kier alpha value is -0.950. The lowest BCUT2D eigenvalue weighted by Gasteiger charge is -2.29. The van der Waals surface area contributed by atoms with Crippen LogP contribution in [0.3, 0.4) is 0 Å². The molecule has 0 aromatic carbocycles. The summed E-state index contributed by atoms with van der Waals surface area (Å²) in [4.78, 5) is 12.0. The number of hydrogen-bond donors (Lipinski definition) is 0. The fraction of sp³-hybridized carbons (Fsp3) is 0.417. The van der Waals surface area contributed by atoms with Crippen molar-refractivity contribution in [2.45, 2.75) is 23.6 Å². The van der Waals surface area contributed by atoms with E-state index in [2.05, 4.69) is 6.58 Å². The molecule has 1 atom stereocenters. The molecule has 0 amide bonds. The fourth-order valence-electron chi connectivity index (χ4n) is 1.60. The number of thioether (sulfide) groups is 1. The summed E-state index contributed by atoms with van der Waals surface area (Å²) in [6, 6.07) is 1.50. The Kier molecular flexibility index (Phi) is 5.49. The van der Waals surface area contributed by atoms with Gasteiger partial charge in [-0.05, 0) is 47.5 Å². The van der Waals surface area contributed by atoms with E-state index in [0.717, 1.165) is 0 Å². The van der Waals surface area contributed by atoms with Gasteiger partial charge in [0.25, 0.3) is 0 Å². The molecule has 0 spiro atoms. The van der Waals surface area contributed by atoms with E-state index in [4.69, 9.17) is 4.74 Å². The lowest BCUT2D eigenvalue weighted by atomic mass is 9.97. The maximum atomic E-state index is 12.8. The highest BCUT2D eigenvalue weighted by Crippen LogP contribution is 2.50. The zero-order valence-corrected chi connectivity index (χ0v) is 11.8. The monoisotopic (exact) mass is 310 g/mol. The van der Waals surface area contributed by atoms with Crippen molar-refractivity contribution in [1.29, 1.82) is 0 Å². The number of carbonyl (C=O) groups is 1. The summed E-state index contributed by atoms with van der Waals surface area (Å²) in [5, 5.41) is 3.16. The first-order valence-electron chi connectivity index (χ1n) is 5.43. The van der Waals surface area contributed by atoms with Gasteiger partial charge in [-0.25, -0.2) is 0 Å². The molecule has 0 saturated carbocycles. The maximum absolute atomic E-state index is 12.8. The number of thiophene rings is 1. The normalized spacial score (nSPS) is 14.7. The van der Waals surface area contributed by atoms with Crippen molar-refractivity contribution >= 4 is 29.1 Å². The molecule has 0 N–H and O–H groups in total. The molecule has 0 bridgehead atoms. The van der Waals surface area contributed by atoms with Crippen LogP contribution in [0.4, 0.5) is 13.2 Å². The van der Waals surface area contributed by atoms with Gasteiger partial charge in [-0.15, -0.1) is 6.58 Å². The predicted octanol–water partition coefficient (Wildman–Crippen LogP) is 4.34. The van der Waals surface area contributed by atoms with E-state index in [-0.39, 0.29) is 30.4 Å². The van der Waals surface area contributed by atoms with Crippen molar-refractivity contribution in [1.82, 2.24) is 0 Å². The third-order valence-electron chi connectivity index (χ3n) is 2.31. The molecule has 1 rings (SSSR count). The van der Waals surface area contributed by atoms with Gasteiger partial charge in [0.1, 0.15) is 0 Å². The average molecular weight is 310 g/mol. The van der Waals surface area contributed by atoms with Gasteiger partial charge in [-0.3, -0.25) is 4.79 Å². The van der Waals surface area contributed by atoms with Gasteiger partial charge in [0, 0.05) is 0 Å². The van der Waals surface area contributed by atoms with Crippen LogP contribution in [0.15, 0.2) is 29.5 Å². The van der Waals surface area contributed by atoms with Gasteiger partial charge in [-0.2, -0.15) is 24.5 Å². The highest BCUT2D eigenvalue weighted by molar-refractivity contribution is 8.01. The van der Waals surface area contributed by atoms with Crippen LogP contribution in [0.25, 0.3) is 0 Å². The van der Waals surface area contributed by atoms with Gasteiger partial charge in [0.15, 0.2) is 4.75 Å². The summed E-state index contributed by atoms with van der Waals surface area (Å²) in [6.07, 6.45) is 1.15. The molecule has 2 nitrogen and oxygen atoms in total. The third-order valence-corrected chi connectivity index (χ3v) is 4.15. The molecule has 0 radical (unpaired) electrons. The topological polar surface area (TPSA) is 26.3 Å². The third kappa shape index (κ3) is 4.01. The van der Waals surface area contributed by atoms with E-state index in [9.17, 15) is 18.0 Å². The standard InChI is InChI=1S/C12H13F3O2S2/c1-3-6-11(10(16)17-4-2,19-12(13,14)15)9-5-7-18-8-9/h3,5,7-8H,1,4,6H2,2H3. The molecule has 19 heavy (non-hydrogen) atoms. The minimum Gasteiger partial charge on any atom is -0.465 e. The van der Waals surface area contributed by atoms with Crippen LogP contribution < -0.4 is 0 Å². The zero-order chi connectivity index (χ0) is 14.5. The lowest BCUT2D eigenvalue weighted by molar-refractivity contribution is -0.146. The number of ether oxygens (including phenoxy) is 1. The zero-order valence-electron chi connectivity index (χ0n) is 10.2.